The Morgan fingerprint density at radius 1 is 0.956 bits per heavy atom. The van der Waals surface area contributed by atoms with Crippen LogP contribution in [0.15, 0.2) is 41.6 Å². The number of fused-ring (bicyclic) bond motifs is 1. The van der Waals surface area contributed by atoms with Gasteiger partial charge in [0.2, 0.25) is 11.9 Å². The second-order valence-electron chi connectivity index (χ2n) is 10.0. The molecule has 240 valence electrons. The van der Waals surface area contributed by atoms with Crippen molar-refractivity contribution in [3.8, 4) is 0 Å². The number of hydrogen-bond donors (Lipinski definition) is 2. The van der Waals surface area contributed by atoms with Gasteiger partial charge in [-0.25, -0.2) is 27.2 Å². The van der Waals surface area contributed by atoms with Crippen molar-refractivity contribution in [1.29, 1.82) is 0 Å². The maximum absolute atomic E-state index is 14.4. The Labute approximate surface area is 255 Å². The molecule has 19 heteroatoms. The molecule has 0 saturated carbocycles. The Morgan fingerprint density at radius 3 is 2.18 bits per heavy atom. The lowest BCUT2D eigenvalue weighted by molar-refractivity contribution is -0.278. The molecule has 45 heavy (non-hydrogen) atoms. The van der Waals surface area contributed by atoms with Crippen LogP contribution in [-0.2, 0) is 21.2 Å². The molecule has 1 aromatic heterocycles. The Balaban J connectivity index is 1.46. The van der Waals surface area contributed by atoms with E-state index in [-0.39, 0.29) is 48.5 Å². The highest BCUT2D eigenvalue weighted by molar-refractivity contribution is 7.92. The molecule has 3 aromatic rings. The van der Waals surface area contributed by atoms with Crippen LogP contribution in [-0.4, -0.2) is 61.9 Å². The molecule has 2 aliphatic heterocycles. The summed E-state index contributed by atoms with van der Waals surface area (Å²) in [5, 5.41) is 1.19. The van der Waals surface area contributed by atoms with E-state index in [1.165, 1.54) is 21.2 Å². The van der Waals surface area contributed by atoms with Gasteiger partial charge in [0.25, 0.3) is 15.9 Å². The van der Waals surface area contributed by atoms with E-state index >= 15 is 0 Å². The number of alkyl halides is 5. The largest absolute Gasteiger partial charge is 0.455 e. The first-order chi connectivity index (χ1) is 21.0. The van der Waals surface area contributed by atoms with Crippen LogP contribution < -0.4 is 19.8 Å². The maximum Gasteiger partial charge on any atom is 0.455 e. The van der Waals surface area contributed by atoms with E-state index in [1.807, 2.05) is 4.72 Å². The van der Waals surface area contributed by atoms with Gasteiger partial charge >= 0.3 is 12.1 Å². The highest BCUT2D eigenvalue weighted by atomic mass is 35.5. The fourth-order valence-electron chi connectivity index (χ4n) is 4.76. The van der Waals surface area contributed by atoms with E-state index in [0.717, 1.165) is 30.6 Å². The van der Waals surface area contributed by atoms with Gasteiger partial charge in [-0.05, 0) is 42.7 Å². The number of nitrogens with one attached hydrogen (secondary N) is 2. The molecule has 0 bridgehead atoms. The molecule has 1 saturated heterocycles. The topological polar surface area (TPSA) is 125 Å². The van der Waals surface area contributed by atoms with Crippen LogP contribution in [0, 0.1) is 11.6 Å². The maximum atomic E-state index is 14.4. The molecule has 1 fully saturated rings. The zero-order valence-electron chi connectivity index (χ0n) is 22.6. The van der Waals surface area contributed by atoms with Crippen LogP contribution in [0.5, 0.6) is 0 Å². The fourth-order valence-corrected chi connectivity index (χ4v) is 6.10. The SMILES string of the molecule is O=C(NCC(F)(F)C(F)(F)F)c1cnc(N2CCc3cc(S(=O)(=O)Nc4c(F)cc(Cl)cc4F)cc(N4CCCC4=O)c32)nc1. The fraction of sp³-hybridized carbons (Fsp3) is 0.308. The monoisotopic (exact) mass is 680 g/mol. The van der Waals surface area contributed by atoms with Crippen LogP contribution in [0.25, 0.3) is 0 Å². The second kappa shape index (κ2) is 11.6. The molecule has 0 radical (unpaired) electrons. The zero-order valence-corrected chi connectivity index (χ0v) is 24.1. The standard InChI is InChI=1S/C26H20ClF7N6O4S/c27-15-7-17(28)21(18(29)8-15)38-45(43,44)16-6-13-3-5-40(22(13)19(9-16)39-4-1-2-20(39)41)24-35-10-14(11-36-24)23(42)37-12-25(30,31)26(32,33)34/h6-11,38H,1-5,12H2,(H,37,42). The normalized spacial score (nSPS) is 15.4. The van der Waals surface area contributed by atoms with Gasteiger partial charge in [0.05, 0.1) is 28.4 Å². The molecular formula is C26H20ClF7N6O4S. The molecule has 2 amide bonds. The van der Waals surface area contributed by atoms with Crippen molar-refractivity contribution in [3.05, 3.63) is 64.4 Å². The molecule has 10 nitrogen and oxygen atoms in total. The molecule has 5 rings (SSSR count). The Kier molecular flexibility index (Phi) is 8.32. The molecule has 0 unspecified atom stereocenters. The number of benzene rings is 2. The Bertz CT molecular complexity index is 1770. The Hall–Kier alpha value is -4.19. The number of halogens is 8. The number of sulfonamides is 1. The minimum atomic E-state index is -5.87. The number of rotatable bonds is 8. The lowest BCUT2D eigenvalue weighted by Gasteiger charge is -2.26. The van der Waals surface area contributed by atoms with Gasteiger partial charge < -0.3 is 15.1 Å². The summed E-state index contributed by atoms with van der Waals surface area (Å²) in [5.74, 6) is -9.34. The van der Waals surface area contributed by atoms with E-state index in [2.05, 4.69) is 9.97 Å². The van der Waals surface area contributed by atoms with Gasteiger partial charge in [-0.1, -0.05) is 11.6 Å². The van der Waals surface area contributed by atoms with Crippen LogP contribution in [0.2, 0.25) is 5.02 Å². The number of hydrogen-bond acceptors (Lipinski definition) is 7. The summed E-state index contributed by atoms with van der Waals surface area (Å²) in [5.41, 5.74) is -0.524. The molecular weight excluding hydrogens is 661 g/mol. The molecule has 2 N–H and O–H groups in total. The third-order valence-corrected chi connectivity index (χ3v) is 8.51. The van der Waals surface area contributed by atoms with Gasteiger partial charge in [0, 0.05) is 36.9 Å². The van der Waals surface area contributed by atoms with Gasteiger partial charge in [-0.15, -0.1) is 0 Å². The first-order valence-corrected chi connectivity index (χ1v) is 14.8. The first kappa shape index (κ1) is 32.2. The molecule has 3 heterocycles. The van der Waals surface area contributed by atoms with Crippen molar-refractivity contribution in [1.82, 2.24) is 15.3 Å². The number of carbonyl (C=O) groups excluding carboxylic acids is 2. The summed E-state index contributed by atoms with van der Waals surface area (Å²) >= 11 is 5.62. The van der Waals surface area contributed by atoms with Crippen molar-refractivity contribution in [2.24, 2.45) is 0 Å². The van der Waals surface area contributed by atoms with E-state index < -0.39 is 62.4 Å². The average Bonchev–Trinajstić information content (AvgIpc) is 3.59. The van der Waals surface area contributed by atoms with Crippen molar-refractivity contribution < 1.29 is 48.7 Å². The molecule has 2 aliphatic rings. The van der Waals surface area contributed by atoms with E-state index in [4.69, 9.17) is 11.6 Å². The number of anilines is 4. The predicted molar refractivity (Wildman–Crippen MR) is 146 cm³/mol. The Morgan fingerprint density at radius 2 is 1.60 bits per heavy atom. The number of aromatic nitrogens is 2. The number of nitrogens with zero attached hydrogens (tertiary/aromatic N) is 4. The third-order valence-electron chi connectivity index (χ3n) is 6.96. The van der Waals surface area contributed by atoms with Crippen LogP contribution in [0.4, 0.5) is 53.7 Å². The van der Waals surface area contributed by atoms with Gasteiger partial charge in [-0.2, -0.15) is 22.0 Å². The lowest BCUT2D eigenvalue weighted by Crippen LogP contribution is -2.46. The summed E-state index contributed by atoms with van der Waals surface area (Å²) in [6, 6.07) is 3.85. The average molecular weight is 681 g/mol. The summed E-state index contributed by atoms with van der Waals surface area (Å²) in [4.78, 5) is 35.4. The predicted octanol–water partition coefficient (Wildman–Crippen LogP) is 4.96. The van der Waals surface area contributed by atoms with Gasteiger partial charge in [0.15, 0.2) is 11.6 Å². The van der Waals surface area contributed by atoms with E-state index in [0.29, 0.717) is 17.7 Å². The summed E-state index contributed by atoms with van der Waals surface area (Å²) in [6.45, 7) is -1.63. The molecule has 0 aliphatic carbocycles. The van der Waals surface area contributed by atoms with Gasteiger partial charge in [-0.3, -0.25) is 14.3 Å². The van der Waals surface area contributed by atoms with Crippen LogP contribution in [0.3, 0.4) is 0 Å². The minimum absolute atomic E-state index is 0.0575. The number of carbonyl (C=O) groups is 2. The molecule has 2 aromatic carbocycles. The summed E-state index contributed by atoms with van der Waals surface area (Å²) < 4.78 is 121. The smallest absolute Gasteiger partial charge is 0.346 e. The van der Waals surface area contributed by atoms with Crippen molar-refractivity contribution in [3.63, 3.8) is 0 Å². The number of amides is 2. The third kappa shape index (κ3) is 6.33. The van der Waals surface area contributed by atoms with Crippen molar-refractivity contribution in [2.75, 3.05) is 34.2 Å². The van der Waals surface area contributed by atoms with E-state index in [9.17, 15) is 48.7 Å². The lowest BCUT2D eigenvalue weighted by atomic mass is 10.1. The second-order valence-corrected chi connectivity index (χ2v) is 12.1. The quantitative estimate of drug-likeness (QED) is 0.323. The highest BCUT2D eigenvalue weighted by Gasteiger charge is 2.57. The van der Waals surface area contributed by atoms with E-state index in [1.54, 1.807) is 0 Å². The highest BCUT2D eigenvalue weighted by Crippen LogP contribution is 2.44. The minimum Gasteiger partial charge on any atom is -0.346 e. The molecule has 0 spiro atoms. The van der Waals surface area contributed by atoms with Crippen molar-refractivity contribution >= 4 is 56.4 Å². The molecule has 0 atom stereocenters. The van der Waals surface area contributed by atoms with Crippen LogP contribution in [0.1, 0.15) is 28.8 Å². The summed E-state index contributed by atoms with van der Waals surface area (Å²) in [7, 11) is -4.61. The van der Waals surface area contributed by atoms with Crippen LogP contribution >= 0.6 is 11.6 Å². The summed E-state index contributed by atoms with van der Waals surface area (Å²) in [6.07, 6.45) is -3.25. The van der Waals surface area contributed by atoms with Gasteiger partial charge in [0.1, 0.15) is 5.69 Å². The first-order valence-electron chi connectivity index (χ1n) is 13.0. The van der Waals surface area contributed by atoms with Crippen molar-refractivity contribution in [2.45, 2.75) is 36.3 Å². The zero-order chi connectivity index (χ0) is 32.9.